The average molecular weight is 395 g/mol. The third kappa shape index (κ3) is 5.11. The van der Waals surface area contributed by atoms with E-state index in [1.54, 1.807) is 13.2 Å². The summed E-state index contributed by atoms with van der Waals surface area (Å²) in [6.07, 6.45) is 5.46. The molecule has 29 heavy (non-hydrogen) atoms. The summed E-state index contributed by atoms with van der Waals surface area (Å²) in [4.78, 5) is 14.8. The summed E-state index contributed by atoms with van der Waals surface area (Å²) >= 11 is 0. The van der Waals surface area contributed by atoms with Crippen LogP contribution in [0, 0.1) is 0 Å². The van der Waals surface area contributed by atoms with Gasteiger partial charge in [0.25, 0.3) is 0 Å². The summed E-state index contributed by atoms with van der Waals surface area (Å²) in [7, 11) is 1.62. The molecule has 0 saturated carbocycles. The Morgan fingerprint density at radius 3 is 2.52 bits per heavy atom. The van der Waals surface area contributed by atoms with Gasteiger partial charge in [-0.2, -0.15) is 0 Å². The zero-order chi connectivity index (χ0) is 20.6. The molecule has 1 amide bonds. The fourth-order valence-corrected chi connectivity index (χ4v) is 3.66. The zero-order valence-electron chi connectivity index (χ0n) is 17.4. The second-order valence-electron chi connectivity index (χ2n) is 6.87. The highest BCUT2D eigenvalue weighted by Crippen LogP contribution is 2.33. The lowest BCUT2D eigenvalue weighted by molar-refractivity contribution is -0.126. The van der Waals surface area contributed by atoms with Crippen LogP contribution in [-0.2, 0) is 4.79 Å². The third-order valence-electron chi connectivity index (χ3n) is 5.02. The molecule has 0 spiro atoms. The van der Waals surface area contributed by atoms with Crippen molar-refractivity contribution in [1.29, 1.82) is 0 Å². The van der Waals surface area contributed by atoms with Crippen LogP contribution in [0.4, 0.5) is 0 Å². The van der Waals surface area contributed by atoms with Crippen LogP contribution >= 0.6 is 0 Å². The molecule has 1 atom stereocenters. The minimum atomic E-state index is 0.0233. The van der Waals surface area contributed by atoms with Gasteiger partial charge in [0.1, 0.15) is 5.75 Å². The fourth-order valence-electron chi connectivity index (χ4n) is 3.66. The highest BCUT2D eigenvalue weighted by atomic mass is 16.5. The Balaban J connectivity index is 1.71. The van der Waals surface area contributed by atoms with Crippen LogP contribution in [0.25, 0.3) is 6.08 Å². The Bertz CT molecular complexity index is 844. The number of rotatable bonds is 8. The van der Waals surface area contributed by atoms with Crippen LogP contribution in [0.1, 0.15) is 43.9 Å². The second kappa shape index (κ2) is 10.0. The lowest BCUT2D eigenvalue weighted by Crippen LogP contribution is -2.28. The van der Waals surface area contributed by atoms with Crippen molar-refractivity contribution >= 4 is 12.0 Å². The van der Waals surface area contributed by atoms with E-state index in [9.17, 15) is 4.79 Å². The first-order chi connectivity index (χ1) is 14.2. The highest BCUT2D eigenvalue weighted by molar-refractivity contribution is 5.92. The van der Waals surface area contributed by atoms with Crippen LogP contribution in [0.3, 0.4) is 0 Å². The lowest BCUT2D eigenvalue weighted by Gasteiger charge is -2.24. The molecule has 0 N–H and O–H groups in total. The van der Waals surface area contributed by atoms with Gasteiger partial charge in [-0.1, -0.05) is 18.2 Å². The van der Waals surface area contributed by atoms with E-state index in [0.29, 0.717) is 24.7 Å². The third-order valence-corrected chi connectivity index (χ3v) is 5.02. The number of likely N-dealkylation sites (tertiary alicyclic amines) is 1. The van der Waals surface area contributed by atoms with Crippen LogP contribution in [0.2, 0.25) is 0 Å². The number of hydrogen-bond donors (Lipinski definition) is 0. The van der Waals surface area contributed by atoms with E-state index in [-0.39, 0.29) is 11.9 Å². The Morgan fingerprint density at radius 1 is 1.07 bits per heavy atom. The molecule has 1 aliphatic heterocycles. The molecule has 1 fully saturated rings. The number of carbonyl (C=O) groups is 1. The number of amides is 1. The standard InChI is InChI=1S/C24H29NO4/c1-4-28-20-12-10-19(11-13-20)21-7-6-16-25(21)24(26)15-9-18-8-14-22(27-3)23(17-18)29-5-2/h8-15,17,21H,4-7,16H2,1-3H3/b15-9+. The summed E-state index contributed by atoms with van der Waals surface area (Å²) in [5.74, 6) is 2.25. The number of nitrogens with zero attached hydrogens (tertiary/aromatic N) is 1. The van der Waals surface area contributed by atoms with Crippen LogP contribution in [0.15, 0.2) is 48.5 Å². The van der Waals surface area contributed by atoms with Gasteiger partial charge in [-0.25, -0.2) is 0 Å². The normalized spacial score (nSPS) is 16.2. The SMILES string of the molecule is CCOc1ccc(C2CCCN2C(=O)/C=C/c2ccc(OC)c(OCC)c2)cc1. The number of methoxy groups -OCH3 is 1. The number of ether oxygens (including phenoxy) is 3. The van der Waals surface area contributed by atoms with Gasteiger partial charge in [0.15, 0.2) is 11.5 Å². The van der Waals surface area contributed by atoms with E-state index >= 15 is 0 Å². The molecule has 0 bridgehead atoms. The second-order valence-corrected chi connectivity index (χ2v) is 6.87. The molecule has 2 aromatic rings. The monoisotopic (exact) mass is 395 g/mol. The maximum Gasteiger partial charge on any atom is 0.247 e. The van der Waals surface area contributed by atoms with Crippen molar-refractivity contribution in [2.45, 2.75) is 32.7 Å². The van der Waals surface area contributed by atoms with E-state index in [1.165, 1.54) is 0 Å². The molecular weight excluding hydrogens is 366 g/mol. The van der Waals surface area contributed by atoms with Gasteiger partial charge >= 0.3 is 0 Å². The summed E-state index contributed by atoms with van der Waals surface area (Å²) in [5, 5.41) is 0. The van der Waals surface area contributed by atoms with Gasteiger partial charge in [0.05, 0.1) is 26.4 Å². The van der Waals surface area contributed by atoms with E-state index in [2.05, 4.69) is 12.1 Å². The van der Waals surface area contributed by atoms with Gasteiger partial charge in [-0.15, -0.1) is 0 Å². The van der Waals surface area contributed by atoms with Crippen LogP contribution in [0.5, 0.6) is 17.2 Å². The lowest BCUT2D eigenvalue weighted by atomic mass is 10.0. The van der Waals surface area contributed by atoms with Crippen molar-refractivity contribution in [3.8, 4) is 17.2 Å². The fraction of sp³-hybridized carbons (Fsp3) is 0.375. The van der Waals surface area contributed by atoms with Gasteiger partial charge in [-0.05, 0) is 68.2 Å². The summed E-state index contributed by atoms with van der Waals surface area (Å²) in [6, 6.07) is 13.8. The van der Waals surface area contributed by atoms with Crippen molar-refractivity contribution < 1.29 is 19.0 Å². The molecule has 2 aromatic carbocycles. The Labute approximate surface area is 172 Å². The van der Waals surface area contributed by atoms with E-state index in [1.807, 2.05) is 55.2 Å². The summed E-state index contributed by atoms with van der Waals surface area (Å²) in [5.41, 5.74) is 2.05. The minimum Gasteiger partial charge on any atom is -0.494 e. The van der Waals surface area contributed by atoms with Gasteiger partial charge < -0.3 is 19.1 Å². The predicted molar refractivity (Wildman–Crippen MR) is 114 cm³/mol. The van der Waals surface area contributed by atoms with E-state index in [4.69, 9.17) is 14.2 Å². The number of hydrogen-bond acceptors (Lipinski definition) is 4. The molecule has 5 heteroatoms. The molecule has 3 rings (SSSR count). The van der Waals surface area contributed by atoms with Crippen LogP contribution < -0.4 is 14.2 Å². The van der Waals surface area contributed by atoms with Crippen LogP contribution in [-0.4, -0.2) is 37.7 Å². The summed E-state index contributed by atoms with van der Waals surface area (Å²) in [6.45, 7) is 5.88. The molecule has 1 heterocycles. The van der Waals surface area contributed by atoms with Crippen molar-refractivity contribution in [3.05, 3.63) is 59.7 Å². The van der Waals surface area contributed by atoms with Crippen molar-refractivity contribution in [1.82, 2.24) is 4.90 Å². The molecular formula is C24H29NO4. The molecule has 1 aliphatic rings. The van der Waals surface area contributed by atoms with Crippen molar-refractivity contribution in [3.63, 3.8) is 0 Å². The minimum absolute atomic E-state index is 0.0233. The van der Waals surface area contributed by atoms with E-state index < -0.39 is 0 Å². The smallest absolute Gasteiger partial charge is 0.247 e. The first-order valence-electron chi connectivity index (χ1n) is 10.2. The zero-order valence-corrected chi connectivity index (χ0v) is 17.4. The number of carbonyl (C=O) groups excluding carboxylic acids is 1. The largest absolute Gasteiger partial charge is 0.494 e. The molecule has 1 saturated heterocycles. The van der Waals surface area contributed by atoms with Gasteiger partial charge in [0.2, 0.25) is 5.91 Å². The van der Waals surface area contributed by atoms with Crippen molar-refractivity contribution in [2.75, 3.05) is 26.9 Å². The predicted octanol–water partition coefficient (Wildman–Crippen LogP) is 4.87. The first-order valence-corrected chi connectivity index (χ1v) is 10.2. The van der Waals surface area contributed by atoms with Gasteiger partial charge in [-0.3, -0.25) is 4.79 Å². The Morgan fingerprint density at radius 2 is 1.83 bits per heavy atom. The highest BCUT2D eigenvalue weighted by Gasteiger charge is 2.28. The topological polar surface area (TPSA) is 48.0 Å². The number of benzene rings is 2. The summed E-state index contributed by atoms with van der Waals surface area (Å²) < 4.78 is 16.4. The maximum absolute atomic E-state index is 12.9. The van der Waals surface area contributed by atoms with Gasteiger partial charge in [0, 0.05) is 12.6 Å². The molecule has 0 radical (unpaired) electrons. The molecule has 0 aromatic heterocycles. The Hall–Kier alpha value is -2.95. The van der Waals surface area contributed by atoms with Crippen molar-refractivity contribution in [2.24, 2.45) is 0 Å². The maximum atomic E-state index is 12.9. The van der Waals surface area contributed by atoms with E-state index in [0.717, 1.165) is 36.3 Å². The average Bonchev–Trinajstić information content (AvgIpc) is 3.23. The Kier molecular flexibility index (Phi) is 7.17. The quantitative estimate of drug-likeness (QED) is 0.599. The molecule has 1 unspecified atom stereocenters. The molecule has 5 nitrogen and oxygen atoms in total. The molecule has 0 aliphatic carbocycles. The first kappa shape index (κ1) is 20.8. The molecule has 154 valence electrons.